The van der Waals surface area contributed by atoms with Crippen LogP contribution < -0.4 is 0 Å². The molecule has 0 unspecified atom stereocenters. The minimum Gasteiger partial charge on any atom is -0.395 e. The molecule has 0 atom stereocenters. The van der Waals surface area contributed by atoms with Crippen molar-refractivity contribution >= 4 is 27.3 Å². The highest BCUT2D eigenvalue weighted by atomic mass is 35.5. The third-order valence-electron chi connectivity index (χ3n) is 2.45. The van der Waals surface area contributed by atoms with Gasteiger partial charge in [-0.2, -0.15) is 4.31 Å². The number of benzene rings is 1. The first-order valence-corrected chi connectivity index (χ1v) is 7.21. The largest absolute Gasteiger partial charge is 0.395 e. The van der Waals surface area contributed by atoms with Crippen molar-refractivity contribution < 1.29 is 18.4 Å². The molecule has 0 aliphatic rings. The molecule has 0 aliphatic carbocycles. The molecule has 1 aromatic rings. The molecule has 0 saturated carbocycles. The van der Waals surface area contributed by atoms with Crippen molar-refractivity contribution in [2.75, 3.05) is 19.7 Å². The molecule has 9 heteroatoms. The Morgan fingerprint density at radius 2 is 2.11 bits per heavy atom. The molecule has 106 valence electrons. The molecule has 0 bridgehead atoms. The lowest BCUT2D eigenvalue weighted by molar-refractivity contribution is -0.384. The van der Waals surface area contributed by atoms with Crippen LogP contribution in [0.4, 0.5) is 5.69 Å². The monoisotopic (exact) mass is 308 g/mol. The molecule has 0 amide bonds. The van der Waals surface area contributed by atoms with Crippen LogP contribution in [0.25, 0.3) is 0 Å². The van der Waals surface area contributed by atoms with E-state index < -0.39 is 14.9 Å². The van der Waals surface area contributed by atoms with Gasteiger partial charge in [0.2, 0.25) is 10.0 Å². The second-order valence-corrected chi connectivity index (χ2v) is 5.91. The number of sulfonamides is 1. The molecule has 1 N–H and O–H groups in total. The lowest BCUT2D eigenvalue weighted by atomic mass is 10.3. The second kappa shape index (κ2) is 6.29. The topological polar surface area (TPSA) is 101 Å². The predicted octanol–water partition coefficient (Wildman–Crippen LogP) is 1.25. The summed E-state index contributed by atoms with van der Waals surface area (Å²) in [5.41, 5.74) is -0.283. The minimum atomic E-state index is -3.87. The van der Waals surface area contributed by atoms with Crippen molar-refractivity contribution in [2.24, 2.45) is 0 Å². The average Bonchev–Trinajstić information content (AvgIpc) is 2.35. The number of nitro groups is 1. The molecule has 0 spiro atoms. The fourth-order valence-electron chi connectivity index (χ4n) is 1.51. The molecule has 19 heavy (non-hydrogen) atoms. The van der Waals surface area contributed by atoms with E-state index in [-0.39, 0.29) is 35.3 Å². The predicted molar refractivity (Wildman–Crippen MR) is 69.6 cm³/mol. The van der Waals surface area contributed by atoms with Crippen molar-refractivity contribution in [3.8, 4) is 0 Å². The van der Waals surface area contributed by atoms with Crippen LogP contribution >= 0.6 is 11.6 Å². The van der Waals surface area contributed by atoms with Crippen molar-refractivity contribution in [3.63, 3.8) is 0 Å². The van der Waals surface area contributed by atoms with Gasteiger partial charge in [0.15, 0.2) is 0 Å². The van der Waals surface area contributed by atoms with E-state index in [9.17, 15) is 18.5 Å². The van der Waals surface area contributed by atoms with Crippen LogP contribution in [0.2, 0.25) is 5.02 Å². The van der Waals surface area contributed by atoms with Crippen molar-refractivity contribution in [1.29, 1.82) is 0 Å². The van der Waals surface area contributed by atoms with E-state index in [1.165, 1.54) is 0 Å². The van der Waals surface area contributed by atoms with Gasteiger partial charge >= 0.3 is 0 Å². The summed E-state index contributed by atoms with van der Waals surface area (Å²) in [6, 6.07) is 3.16. The van der Waals surface area contributed by atoms with Gasteiger partial charge in [-0.1, -0.05) is 18.5 Å². The third kappa shape index (κ3) is 3.41. The minimum absolute atomic E-state index is 0.0633. The Hall–Kier alpha value is -1.22. The van der Waals surface area contributed by atoms with Gasteiger partial charge in [0, 0.05) is 25.2 Å². The molecule has 0 radical (unpaired) electrons. The molecule has 0 fully saturated rings. The van der Waals surface area contributed by atoms with E-state index in [0.717, 1.165) is 22.5 Å². The number of rotatable bonds is 6. The van der Waals surface area contributed by atoms with Gasteiger partial charge in [0.05, 0.1) is 16.6 Å². The second-order valence-electron chi connectivity index (χ2n) is 3.59. The summed E-state index contributed by atoms with van der Waals surface area (Å²) < 4.78 is 25.5. The lowest BCUT2D eigenvalue weighted by Crippen LogP contribution is -2.33. The maximum absolute atomic E-state index is 12.2. The number of halogens is 1. The van der Waals surface area contributed by atoms with E-state index in [1.807, 2.05) is 0 Å². The quantitative estimate of drug-likeness (QED) is 0.629. The van der Waals surface area contributed by atoms with E-state index >= 15 is 0 Å². The number of likely N-dealkylation sites (N-methyl/N-ethyl adjacent to an activating group) is 1. The molecule has 7 nitrogen and oxygen atoms in total. The van der Waals surface area contributed by atoms with Gasteiger partial charge in [-0.3, -0.25) is 10.1 Å². The summed E-state index contributed by atoms with van der Waals surface area (Å²) in [5, 5.41) is 19.2. The molecule has 0 heterocycles. The van der Waals surface area contributed by atoms with E-state index in [1.54, 1.807) is 6.92 Å². The maximum Gasteiger partial charge on any atom is 0.271 e. The Bertz CT molecular complexity index is 575. The number of aliphatic hydroxyl groups is 1. The number of nitrogens with zero attached hydrogens (tertiary/aromatic N) is 2. The smallest absolute Gasteiger partial charge is 0.271 e. The van der Waals surface area contributed by atoms with Gasteiger partial charge in [-0.25, -0.2) is 8.42 Å². The lowest BCUT2D eigenvalue weighted by Gasteiger charge is -2.19. The number of nitro benzene ring substituents is 1. The Morgan fingerprint density at radius 3 is 2.53 bits per heavy atom. The molecule has 0 saturated heterocycles. The highest BCUT2D eigenvalue weighted by Crippen LogP contribution is 2.28. The molecular weight excluding hydrogens is 296 g/mol. The van der Waals surface area contributed by atoms with Gasteiger partial charge in [0.1, 0.15) is 4.90 Å². The highest BCUT2D eigenvalue weighted by molar-refractivity contribution is 7.89. The normalized spacial score (nSPS) is 11.8. The number of hydrogen-bond acceptors (Lipinski definition) is 5. The average molecular weight is 309 g/mol. The number of hydrogen-bond donors (Lipinski definition) is 1. The SMILES string of the molecule is CCN(CCO)S(=O)(=O)c1ccc([N+](=O)[O-])cc1Cl. The number of non-ortho nitro benzene ring substituents is 1. The Morgan fingerprint density at radius 1 is 1.47 bits per heavy atom. The van der Waals surface area contributed by atoms with E-state index in [0.29, 0.717) is 0 Å². The van der Waals surface area contributed by atoms with Crippen molar-refractivity contribution in [1.82, 2.24) is 4.31 Å². The Labute approximate surface area is 115 Å². The zero-order valence-corrected chi connectivity index (χ0v) is 11.7. The number of aliphatic hydroxyl groups excluding tert-OH is 1. The Kier molecular flexibility index (Phi) is 5.24. The standard InChI is InChI=1S/C10H13ClN2O5S/c1-2-12(5-6-14)19(17,18)10-4-3-8(13(15)16)7-9(10)11/h3-4,7,14H,2,5-6H2,1H3. The van der Waals surface area contributed by atoms with Crippen molar-refractivity contribution in [3.05, 3.63) is 33.3 Å². The third-order valence-corrected chi connectivity index (χ3v) is 4.90. The van der Waals surface area contributed by atoms with Crippen LogP contribution in [0.15, 0.2) is 23.1 Å². The summed E-state index contributed by atoms with van der Waals surface area (Å²) in [4.78, 5) is 9.69. The zero-order chi connectivity index (χ0) is 14.6. The molecule has 0 aromatic heterocycles. The first-order valence-electron chi connectivity index (χ1n) is 5.39. The fourth-order valence-corrected chi connectivity index (χ4v) is 3.46. The molecule has 1 aromatic carbocycles. The first-order chi connectivity index (χ1) is 8.84. The maximum atomic E-state index is 12.2. The fraction of sp³-hybridized carbons (Fsp3) is 0.400. The summed E-state index contributed by atoms with van der Waals surface area (Å²) in [6.07, 6.45) is 0. The van der Waals surface area contributed by atoms with Gasteiger partial charge in [-0.05, 0) is 6.07 Å². The van der Waals surface area contributed by atoms with Crippen LogP contribution in [0.1, 0.15) is 6.92 Å². The van der Waals surface area contributed by atoms with Crippen LogP contribution in [-0.4, -0.2) is 42.4 Å². The van der Waals surface area contributed by atoms with E-state index in [4.69, 9.17) is 16.7 Å². The molecule has 0 aliphatic heterocycles. The van der Waals surface area contributed by atoms with Gasteiger partial charge in [-0.15, -0.1) is 0 Å². The summed E-state index contributed by atoms with van der Waals surface area (Å²) in [5.74, 6) is 0. The summed E-state index contributed by atoms with van der Waals surface area (Å²) in [6.45, 7) is 1.40. The Balaban J connectivity index is 3.25. The molecule has 1 rings (SSSR count). The first kappa shape index (κ1) is 15.8. The zero-order valence-electron chi connectivity index (χ0n) is 10.1. The van der Waals surface area contributed by atoms with Crippen LogP contribution in [0.5, 0.6) is 0 Å². The van der Waals surface area contributed by atoms with Gasteiger partial charge in [0.25, 0.3) is 5.69 Å². The highest BCUT2D eigenvalue weighted by Gasteiger charge is 2.26. The summed E-state index contributed by atoms with van der Waals surface area (Å²) >= 11 is 5.79. The van der Waals surface area contributed by atoms with E-state index in [2.05, 4.69) is 0 Å². The molecular formula is C10H13ClN2O5S. The summed E-state index contributed by atoms with van der Waals surface area (Å²) in [7, 11) is -3.87. The van der Waals surface area contributed by atoms with Crippen LogP contribution in [-0.2, 0) is 10.0 Å². The van der Waals surface area contributed by atoms with Crippen molar-refractivity contribution in [2.45, 2.75) is 11.8 Å². The van der Waals surface area contributed by atoms with Gasteiger partial charge < -0.3 is 5.11 Å². The van der Waals surface area contributed by atoms with Crippen LogP contribution in [0, 0.1) is 10.1 Å². The van der Waals surface area contributed by atoms with Crippen LogP contribution in [0.3, 0.4) is 0 Å².